The lowest BCUT2D eigenvalue weighted by atomic mass is 9.90. The summed E-state index contributed by atoms with van der Waals surface area (Å²) in [5.74, 6) is -1.69. The fourth-order valence-corrected chi connectivity index (χ4v) is 2.34. The minimum absolute atomic E-state index is 0.0170. The number of aromatic nitrogens is 3. The SMILES string of the molecule is CC(C)(C)c1c(C(=O)O)nnn1Cc1cccc(Cl)c1F. The van der Waals surface area contributed by atoms with E-state index in [9.17, 15) is 14.3 Å². The molecule has 112 valence electrons. The van der Waals surface area contributed by atoms with Crippen LogP contribution in [-0.4, -0.2) is 26.1 Å². The Kier molecular flexibility index (Phi) is 4.00. The molecule has 0 amide bonds. The van der Waals surface area contributed by atoms with Crippen molar-refractivity contribution in [3.63, 3.8) is 0 Å². The molecule has 1 aromatic heterocycles. The van der Waals surface area contributed by atoms with Gasteiger partial charge in [-0.05, 0) is 6.07 Å². The van der Waals surface area contributed by atoms with Gasteiger partial charge in [0.2, 0.25) is 0 Å². The monoisotopic (exact) mass is 311 g/mol. The number of nitrogens with zero attached hydrogens (tertiary/aromatic N) is 3. The lowest BCUT2D eigenvalue weighted by Gasteiger charge is -2.20. The van der Waals surface area contributed by atoms with Crippen LogP contribution >= 0.6 is 11.6 Å². The van der Waals surface area contributed by atoms with E-state index in [4.69, 9.17) is 11.6 Å². The zero-order valence-corrected chi connectivity index (χ0v) is 12.6. The molecule has 0 radical (unpaired) electrons. The van der Waals surface area contributed by atoms with E-state index in [-0.39, 0.29) is 17.3 Å². The van der Waals surface area contributed by atoms with Crippen molar-refractivity contribution in [2.75, 3.05) is 0 Å². The highest BCUT2D eigenvalue weighted by Gasteiger charge is 2.29. The molecule has 1 heterocycles. The number of carboxylic acid groups (broad SMARTS) is 1. The topological polar surface area (TPSA) is 68.0 Å². The van der Waals surface area contributed by atoms with Gasteiger partial charge in [0.1, 0.15) is 5.82 Å². The van der Waals surface area contributed by atoms with Crippen LogP contribution in [0.1, 0.15) is 42.5 Å². The molecule has 2 rings (SSSR count). The fraction of sp³-hybridized carbons (Fsp3) is 0.357. The Labute approximate surface area is 126 Å². The molecule has 0 unspecified atom stereocenters. The van der Waals surface area contributed by atoms with Crippen LogP contribution in [0.5, 0.6) is 0 Å². The van der Waals surface area contributed by atoms with Crippen molar-refractivity contribution in [1.29, 1.82) is 0 Å². The molecule has 0 fully saturated rings. The molecule has 21 heavy (non-hydrogen) atoms. The number of hydrogen-bond donors (Lipinski definition) is 1. The highest BCUT2D eigenvalue weighted by molar-refractivity contribution is 6.30. The standard InChI is InChI=1S/C14H15ClFN3O2/c1-14(2,3)12-11(13(20)21)17-18-19(12)7-8-5-4-6-9(15)10(8)16/h4-6H,7H2,1-3H3,(H,20,21). The fourth-order valence-electron chi connectivity index (χ4n) is 2.14. The summed E-state index contributed by atoms with van der Waals surface area (Å²) in [6.07, 6.45) is 0. The number of carboxylic acids is 1. The van der Waals surface area contributed by atoms with Crippen molar-refractivity contribution >= 4 is 17.6 Å². The van der Waals surface area contributed by atoms with E-state index >= 15 is 0 Å². The molecule has 1 N–H and O–H groups in total. The van der Waals surface area contributed by atoms with Crippen LogP contribution in [0.25, 0.3) is 0 Å². The van der Waals surface area contributed by atoms with Crippen molar-refractivity contribution in [3.05, 3.63) is 46.0 Å². The quantitative estimate of drug-likeness (QED) is 0.945. The largest absolute Gasteiger partial charge is 0.476 e. The second-order valence-corrected chi connectivity index (χ2v) is 6.12. The number of benzene rings is 1. The van der Waals surface area contributed by atoms with E-state index in [1.54, 1.807) is 12.1 Å². The maximum absolute atomic E-state index is 14.0. The van der Waals surface area contributed by atoms with Gasteiger partial charge in [0.15, 0.2) is 5.69 Å². The van der Waals surface area contributed by atoms with Gasteiger partial charge in [-0.2, -0.15) is 0 Å². The molecule has 0 saturated carbocycles. The van der Waals surface area contributed by atoms with Crippen LogP contribution in [0.15, 0.2) is 18.2 Å². The molecule has 0 aliphatic carbocycles. The van der Waals surface area contributed by atoms with Gasteiger partial charge in [-0.1, -0.05) is 49.7 Å². The summed E-state index contributed by atoms with van der Waals surface area (Å²) in [7, 11) is 0. The second-order valence-electron chi connectivity index (χ2n) is 5.71. The third kappa shape index (κ3) is 3.05. The Hall–Kier alpha value is -1.95. The molecular formula is C14H15ClFN3O2. The van der Waals surface area contributed by atoms with E-state index in [2.05, 4.69) is 10.3 Å². The molecule has 0 bridgehead atoms. The van der Waals surface area contributed by atoms with Crippen molar-refractivity contribution < 1.29 is 14.3 Å². The first-order valence-electron chi connectivity index (χ1n) is 6.32. The molecule has 0 atom stereocenters. The van der Waals surface area contributed by atoms with Crippen LogP contribution in [0.3, 0.4) is 0 Å². The molecular weight excluding hydrogens is 297 g/mol. The first-order valence-corrected chi connectivity index (χ1v) is 6.69. The summed E-state index contributed by atoms with van der Waals surface area (Å²) < 4.78 is 15.4. The van der Waals surface area contributed by atoms with Crippen LogP contribution in [0.4, 0.5) is 4.39 Å². The Morgan fingerprint density at radius 3 is 2.67 bits per heavy atom. The van der Waals surface area contributed by atoms with E-state index in [1.807, 2.05) is 20.8 Å². The average Bonchev–Trinajstić information content (AvgIpc) is 2.79. The third-order valence-electron chi connectivity index (χ3n) is 3.00. The Morgan fingerprint density at radius 2 is 2.10 bits per heavy atom. The van der Waals surface area contributed by atoms with Crippen molar-refractivity contribution in [1.82, 2.24) is 15.0 Å². The molecule has 0 aliphatic heterocycles. The lowest BCUT2D eigenvalue weighted by Crippen LogP contribution is -2.22. The number of hydrogen-bond acceptors (Lipinski definition) is 3. The minimum Gasteiger partial charge on any atom is -0.476 e. The molecule has 0 aliphatic rings. The summed E-state index contributed by atoms with van der Waals surface area (Å²) in [5, 5.41) is 16.7. The van der Waals surface area contributed by atoms with Gasteiger partial charge in [0, 0.05) is 11.0 Å². The van der Waals surface area contributed by atoms with Gasteiger partial charge in [0.25, 0.3) is 0 Å². The number of halogens is 2. The Balaban J connectivity index is 2.50. The molecule has 0 spiro atoms. The second kappa shape index (κ2) is 5.44. The highest BCUT2D eigenvalue weighted by atomic mass is 35.5. The van der Waals surface area contributed by atoms with Crippen molar-refractivity contribution in [2.45, 2.75) is 32.7 Å². The summed E-state index contributed by atoms with van der Waals surface area (Å²) in [4.78, 5) is 11.2. The molecule has 7 heteroatoms. The first-order chi connectivity index (χ1) is 9.71. The van der Waals surface area contributed by atoms with Crippen molar-refractivity contribution in [3.8, 4) is 0 Å². The maximum atomic E-state index is 14.0. The minimum atomic E-state index is -1.15. The van der Waals surface area contributed by atoms with E-state index < -0.39 is 17.2 Å². The Morgan fingerprint density at radius 1 is 1.43 bits per heavy atom. The lowest BCUT2D eigenvalue weighted by molar-refractivity contribution is 0.0687. The van der Waals surface area contributed by atoms with Gasteiger partial charge in [-0.25, -0.2) is 13.9 Å². The molecule has 2 aromatic rings. The van der Waals surface area contributed by atoms with Gasteiger partial charge in [-0.3, -0.25) is 0 Å². The molecule has 0 saturated heterocycles. The molecule has 5 nitrogen and oxygen atoms in total. The number of aromatic carboxylic acids is 1. The maximum Gasteiger partial charge on any atom is 0.358 e. The van der Waals surface area contributed by atoms with Crippen LogP contribution < -0.4 is 0 Å². The number of rotatable bonds is 3. The molecule has 1 aromatic carbocycles. The Bertz CT molecular complexity index is 692. The van der Waals surface area contributed by atoms with Gasteiger partial charge in [-0.15, -0.1) is 5.10 Å². The van der Waals surface area contributed by atoms with Gasteiger partial charge >= 0.3 is 5.97 Å². The summed E-state index contributed by atoms with van der Waals surface area (Å²) in [6, 6.07) is 4.66. The zero-order valence-electron chi connectivity index (χ0n) is 11.9. The first kappa shape index (κ1) is 15.4. The number of carbonyl (C=O) groups is 1. The van der Waals surface area contributed by atoms with E-state index in [0.29, 0.717) is 11.3 Å². The predicted octanol–water partition coefficient (Wildman–Crippen LogP) is 3.11. The summed E-state index contributed by atoms with van der Waals surface area (Å²) >= 11 is 5.75. The third-order valence-corrected chi connectivity index (χ3v) is 3.29. The van der Waals surface area contributed by atoms with Crippen LogP contribution in [0.2, 0.25) is 5.02 Å². The van der Waals surface area contributed by atoms with Gasteiger partial charge < -0.3 is 5.11 Å². The average molecular weight is 312 g/mol. The van der Waals surface area contributed by atoms with Crippen LogP contribution in [0, 0.1) is 5.82 Å². The van der Waals surface area contributed by atoms with Crippen LogP contribution in [-0.2, 0) is 12.0 Å². The predicted molar refractivity (Wildman–Crippen MR) is 76.2 cm³/mol. The smallest absolute Gasteiger partial charge is 0.358 e. The zero-order chi connectivity index (χ0) is 15.8. The van der Waals surface area contributed by atoms with E-state index in [0.717, 1.165) is 0 Å². The highest BCUT2D eigenvalue weighted by Crippen LogP contribution is 2.26. The summed E-state index contributed by atoms with van der Waals surface area (Å²) in [6.45, 7) is 5.62. The summed E-state index contributed by atoms with van der Waals surface area (Å²) in [5.41, 5.74) is 0.154. The normalized spacial score (nSPS) is 11.7. The van der Waals surface area contributed by atoms with Gasteiger partial charge in [0.05, 0.1) is 17.3 Å². The van der Waals surface area contributed by atoms with Crippen molar-refractivity contribution in [2.24, 2.45) is 0 Å². The van der Waals surface area contributed by atoms with E-state index in [1.165, 1.54) is 10.7 Å².